The summed E-state index contributed by atoms with van der Waals surface area (Å²) in [6, 6.07) is 3.05. The second-order valence-corrected chi connectivity index (χ2v) is 7.73. The van der Waals surface area contributed by atoms with Gasteiger partial charge in [-0.2, -0.15) is 11.8 Å². The zero-order valence-electron chi connectivity index (χ0n) is 11.1. The fraction of sp³-hybridized carbons (Fsp3) is 0.583. The quantitative estimate of drug-likeness (QED) is 0.836. The molecule has 1 aliphatic carbocycles. The van der Waals surface area contributed by atoms with Gasteiger partial charge in [-0.15, -0.1) is 0 Å². The predicted octanol–water partition coefficient (Wildman–Crippen LogP) is 1.69. The van der Waals surface area contributed by atoms with Gasteiger partial charge >= 0.3 is 0 Å². The molecule has 1 aromatic heterocycles. The summed E-state index contributed by atoms with van der Waals surface area (Å²) in [5.41, 5.74) is 0. The van der Waals surface area contributed by atoms with Crippen LogP contribution in [0.4, 0.5) is 5.82 Å². The first-order valence-electron chi connectivity index (χ1n) is 6.20. The molecule has 1 saturated carbocycles. The minimum atomic E-state index is -3.46. The van der Waals surface area contributed by atoms with Gasteiger partial charge in [-0.3, -0.25) is 0 Å². The maximum absolute atomic E-state index is 12.2. The van der Waals surface area contributed by atoms with Gasteiger partial charge in [0.2, 0.25) is 10.0 Å². The maximum Gasteiger partial charge on any atom is 0.240 e. The van der Waals surface area contributed by atoms with Crippen molar-refractivity contribution in [2.45, 2.75) is 28.9 Å². The van der Waals surface area contributed by atoms with Crippen molar-refractivity contribution in [3.8, 4) is 0 Å². The maximum atomic E-state index is 12.2. The molecule has 0 saturated heterocycles. The van der Waals surface area contributed by atoms with E-state index in [9.17, 15) is 8.42 Å². The Kier molecular flexibility index (Phi) is 4.37. The predicted molar refractivity (Wildman–Crippen MR) is 79.1 cm³/mol. The van der Waals surface area contributed by atoms with Crippen LogP contribution in [0.25, 0.3) is 0 Å². The van der Waals surface area contributed by atoms with Crippen LogP contribution >= 0.6 is 11.8 Å². The first kappa shape index (κ1) is 14.6. The summed E-state index contributed by atoms with van der Waals surface area (Å²) < 4.78 is 27.3. The van der Waals surface area contributed by atoms with Crippen molar-refractivity contribution in [2.24, 2.45) is 0 Å². The number of anilines is 1. The standard InChI is InChI=1S/C12H19N3O2S2/c1-13-11-8-10(4-7-14-11)19(16,17)15-9-12(18-2)5-3-6-12/h4,7-8,15H,3,5-6,9H2,1-2H3,(H,13,14). The van der Waals surface area contributed by atoms with Gasteiger partial charge in [0.15, 0.2) is 0 Å². The second-order valence-electron chi connectivity index (χ2n) is 4.69. The Morgan fingerprint density at radius 2 is 2.21 bits per heavy atom. The molecule has 106 valence electrons. The van der Waals surface area contributed by atoms with E-state index in [1.54, 1.807) is 18.8 Å². The highest BCUT2D eigenvalue weighted by atomic mass is 32.2. The largest absolute Gasteiger partial charge is 0.373 e. The molecule has 0 aliphatic heterocycles. The second kappa shape index (κ2) is 5.68. The van der Waals surface area contributed by atoms with Crippen molar-refractivity contribution in [1.82, 2.24) is 9.71 Å². The van der Waals surface area contributed by atoms with Crippen LogP contribution in [0.5, 0.6) is 0 Å². The Hall–Kier alpha value is -0.790. The number of rotatable bonds is 6. The molecule has 0 radical (unpaired) electrons. The van der Waals surface area contributed by atoms with Gasteiger partial charge in [0.1, 0.15) is 5.82 Å². The fourth-order valence-electron chi connectivity index (χ4n) is 2.05. The smallest absolute Gasteiger partial charge is 0.240 e. The van der Waals surface area contributed by atoms with Gasteiger partial charge in [-0.05, 0) is 25.2 Å². The number of aromatic nitrogens is 1. The molecule has 0 spiro atoms. The van der Waals surface area contributed by atoms with Crippen molar-refractivity contribution in [1.29, 1.82) is 0 Å². The van der Waals surface area contributed by atoms with Crippen molar-refractivity contribution < 1.29 is 8.42 Å². The minimum Gasteiger partial charge on any atom is -0.373 e. The minimum absolute atomic E-state index is 0.0892. The number of sulfonamides is 1. The van der Waals surface area contributed by atoms with Crippen LogP contribution in [-0.2, 0) is 10.0 Å². The van der Waals surface area contributed by atoms with Gasteiger partial charge in [0, 0.05) is 30.6 Å². The lowest BCUT2D eigenvalue weighted by Crippen LogP contribution is -2.45. The Morgan fingerprint density at radius 1 is 1.47 bits per heavy atom. The highest BCUT2D eigenvalue weighted by Gasteiger charge is 2.37. The molecule has 19 heavy (non-hydrogen) atoms. The van der Waals surface area contributed by atoms with Gasteiger partial charge in [-0.1, -0.05) is 6.42 Å². The summed E-state index contributed by atoms with van der Waals surface area (Å²) in [5, 5.41) is 2.84. The lowest BCUT2D eigenvalue weighted by molar-refractivity contribution is 0.362. The highest BCUT2D eigenvalue weighted by molar-refractivity contribution is 8.00. The number of hydrogen-bond donors (Lipinski definition) is 2. The first-order chi connectivity index (χ1) is 9.01. The highest BCUT2D eigenvalue weighted by Crippen LogP contribution is 2.42. The van der Waals surface area contributed by atoms with E-state index < -0.39 is 10.0 Å². The van der Waals surface area contributed by atoms with Gasteiger partial charge in [-0.25, -0.2) is 18.1 Å². The average Bonchev–Trinajstić information content (AvgIpc) is 2.38. The molecule has 1 fully saturated rings. The van der Waals surface area contributed by atoms with Gasteiger partial charge < -0.3 is 5.32 Å². The van der Waals surface area contributed by atoms with E-state index in [1.165, 1.54) is 24.8 Å². The third-order valence-corrected chi connectivity index (χ3v) is 6.40. The van der Waals surface area contributed by atoms with E-state index in [1.807, 2.05) is 6.26 Å². The third-order valence-electron chi connectivity index (χ3n) is 3.58. The van der Waals surface area contributed by atoms with E-state index in [4.69, 9.17) is 0 Å². The zero-order chi connectivity index (χ0) is 13.9. The number of nitrogens with zero attached hydrogens (tertiary/aromatic N) is 1. The van der Waals surface area contributed by atoms with Crippen LogP contribution in [0.15, 0.2) is 23.2 Å². The Bertz CT molecular complexity index is 536. The van der Waals surface area contributed by atoms with E-state index in [0.29, 0.717) is 12.4 Å². The molecule has 7 heteroatoms. The van der Waals surface area contributed by atoms with Crippen LogP contribution in [0.2, 0.25) is 0 Å². The van der Waals surface area contributed by atoms with Crippen LogP contribution < -0.4 is 10.0 Å². The Labute approximate surface area is 118 Å². The van der Waals surface area contributed by atoms with E-state index in [2.05, 4.69) is 15.0 Å². The van der Waals surface area contributed by atoms with Crippen LogP contribution in [0.3, 0.4) is 0 Å². The SMILES string of the molecule is CNc1cc(S(=O)(=O)NCC2(SC)CCC2)ccn1. The summed E-state index contributed by atoms with van der Waals surface area (Å²) in [4.78, 5) is 4.27. The molecule has 0 aromatic carbocycles. The molecule has 5 nitrogen and oxygen atoms in total. The van der Waals surface area contributed by atoms with E-state index in [0.717, 1.165) is 12.8 Å². The van der Waals surface area contributed by atoms with E-state index in [-0.39, 0.29) is 9.64 Å². The molecule has 0 atom stereocenters. The topological polar surface area (TPSA) is 71.1 Å². The molecular weight excluding hydrogens is 282 g/mol. The van der Waals surface area contributed by atoms with E-state index >= 15 is 0 Å². The molecule has 2 rings (SSSR count). The molecule has 1 aromatic rings. The normalized spacial score (nSPS) is 17.8. The molecule has 0 unspecified atom stereocenters. The summed E-state index contributed by atoms with van der Waals surface area (Å²) in [5.74, 6) is 0.547. The number of thioether (sulfide) groups is 1. The van der Waals surface area contributed by atoms with Crippen molar-refractivity contribution in [3.05, 3.63) is 18.3 Å². The Morgan fingerprint density at radius 3 is 2.74 bits per heavy atom. The molecule has 1 aliphatic rings. The van der Waals surface area contributed by atoms with Crippen LogP contribution in [0.1, 0.15) is 19.3 Å². The van der Waals surface area contributed by atoms with Gasteiger partial charge in [0.05, 0.1) is 4.90 Å². The first-order valence-corrected chi connectivity index (χ1v) is 8.91. The molecule has 1 heterocycles. The van der Waals surface area contributed by atoms with Crippen LogP contribution in [-0.4, -0.2) is 38.0 Å². The van der Waals surface area contributed by atoms with Crippen LogP contribution in [0, 0.1) is 0 Å². The third kappa shape index (κ3) is 3.21. The van der Waals surface area contributed by atoms with Crippen molar-refractivity contribution >= 4 is 27.6 Å². The summed E-state index contributed by atoms with van der Waals surface area (Å²) >= 11 is 1.75. The number of hydrogen-bond acceptors (Lipinski definition) is 5. The summed E-state index contributed by atoms with van der Waals surface area (Å²) in [6.07, 6.45) is 6.87. The lowest BCUT2D eigenvalue weighted by Gasteiger charge is -2.40. The van der Waals surface area contributed by atoms with Gasteiger partial charge in [0.25, 0.3) is 0 Å². The van der Waals surface area contributed by atoms with Crippen molar-refractivity contribution in [2.75, 3.05) is 25.2 Å². The monoisotopic (exact) mass is 301 g/mol. The molecule has 0 amide bonds. The molecular formula is C12H19N3O2S2. The van der Waals surface area contributed by atoms with Crippen molar-refractivity contribution in [3.63, 3.8) is 0 Å². The molecule has 0 bridgehead atoms. The summed E-state index contributed by atoms with van der Waals surface area (Å²) in [7, 11) is -1.74. The fourth-order valence-corrected chi connectivity index (χ4v) is 4.19. The lowest BCUT2D eigenvalue weighted by atomic mass is 9.84. The molecule has 2 N–H and O–H groups in total. The number of pyridine rings is 1. The average molecular weight is 301 g/mol. The number of nitrogens with one attached hydrogen (secondary N) is 2. The Balaban J connectivity index is 2.09. The zero-order valence-corrected chi connectivity index (χ0v) is 12.8. The summed E-state index contributed by atoms with van der Waals surface area (Å²) in [6.45, 7) is 0.494.